The molecule has 0 saturated heterocycles. The van der Waals surface area contributed by atoms with Gasteiger partial charge in [-0.25, -0.2) is 14.1 Å². The van der Waals surface area contributed by atoms with Crippen LogP contribution in [0.1, 0.15) is 21.7 Å². The van der Waals surface area contributed by atoms with Crippen molar-refractivity contribution in [2.45, 2.75) is 13.1 Å². The number of nitrogens with one attached hydrogen (secondary N) is 1. The van der Waals surface area contributed by atoms with Gasteiger partial charge >= 0.3 is 6.18 Å². The maximum Gasteiger partial charge on any atom is 0.434 e. The van der Waals surface area contributed by atoms with E-state index in [0.717, 1.165) is 18.3 Å². The van der Waals surface area contributed by atoms with Gasteiger partial charge in [-0.15, -0.1) is 0 Å². The maximum absolute atomic E-state index is 13.9. The van der Waals surface area contributed by atoms with Crippen LogP contribution in [0.15, 0.2) is 48.7 Å². The molecular weight excluding hydrogens is 352 g/mol. The number of carbonyl (C=O) groups excluding carboxylic acids is 1. The van der Waals surface area contributed by atoms with Crippen LogP contribution in [0.3, 0.4) is 0 Å². The second-order valence-electron chi connectivity index (χ2n) is 5.39. The van der Waals surface area contributed by atoms with Crippen molar-refractivity contribution in [3.63, 3.8) is 0 Å². The summed E-state index contributed by atoms with van der Waals surface area (Å²) in [6, 6.07) is 9.58. The van der Waals surface area contributed by atoms with E-state index in [1.54, 1.807) is 19.1 Å². The molecule has 0 spiro atoms. The van der Waals surface area contributed by atoms with Gasteiger partial charge in [-0.2, -0.15) is 18.3 Å². The first-order valence-corrected chi connectivity index (χ1v) is 7.42. The van der Waals surface area contributed by atoms with E-state index in [9.17, 15) is 22.4 Å². The van der Waals surface area contributed by atoms with Crippen LogP contribution in [0.2, 0.25) is 0 Å². The van der Waals surface area contributed by atoms with Crippen molar-refractivity contribution in [3.8, 4) is 5.69 Å². The fraction of sp³-hybridized carbons (Fsp3) is 0.118. The van der Waals surface area contributed by atoms with Gasteiger partial charge in [0.25, 0.3) is 5.91 Å². The molecule has 0 unspecified atom stereocenters. The predicted octanol–water partition coefficient (Wildman–Crippen LogP) is 3.99. The number of rotatable bonds is 3. The predicted molar refractivity (Wildman–Crippen MR) is 85.5 cm³/mol. The third kappa shape index (κ3) is 3.41. The quantitative estimate of drug-likeness (QED) is 0.715. The van der Waals surface area contributed by atoms with E-state index < -0.39 is 34.8 Å². The van der Waals surface area contributed by atoms with Crippen molar-refractivity contribution in [2.75, 3.05) is 5.32 Å². The largest absolute Gasteiger partial charge is 0.434 e. The smallest absolute Gasteiger partial charge is 0.306 e. The number of amides is 1. The van der Waals surface area contributed by atoms with Gasteiger partial charge in [0.1, 0.15) is 17.3 Å². The number of halogens is 4. The fourth-order valence-electron chi connectivity index (χ4n) is 2.39. The summed E-state index contributed by atoms with van der Waals surface area (Å²) in [5, 5.41) is 5.86. The average Bonchev–Trinajstić information content (AvgIpc) is 3.00. The number of hydrogen-bond donors (Lipinski definition) is 1. The number of pyridine rings is 1. The van der Waals surface area contributed by atoms with Gasteiger partial charge in [0.2, 0.25) is 0 Å². The lowest BCUT2D eigenvalue weighted by atomic mass is 10.2. The Hall–Kier alpha value is -3.23. The molecule has 3 rings (SSSR count). The number of benzene rings is 1. The SMILES string of the molecule is Cc1cccc(NC(=O)c2cnn(-c3ccccc3F)c2C(F)(F)F)n1. The molecule has 0 aliphatic rings. The normalized spacial score (nSPS) is 11.4. The zero-order valence-electron chi connectivity index (χ0n) is 13.4. The molecule has 1 amide bonds. The molecule has 1 aromatic carbocycles. The first kappa shape index (κ1) is 17.6. The Morgan fingerprint density at radius 3 is 2.50 bits per heavy atom. The number of anilines is 1. The van der Waals surface area contributed by atoms with Gasteiger partial charge in [0.05, 0.1) is 11.8 Å². The van der Waals surface area contributed by atoms with Gasteiger partial charge in [-0.1, -0.05) is 18.2 Å². The first-order chi connectivity index (χ1) is 12.3. The van der Waals surface area contributed by atoms with Crippen molar-refractivity contribution in [3.05, 3.63) is 71.4 Å². The summed E-state index contributed by atoms with van der Waals surface area (Å²) in [6.45, 7) is 1.67. The molecule has 0 radical (unpaired) electrons. The van der Waals surface area contributed by atoms with Gasteiger partial charge in [0.15, 0.2) is 5.69 Å². The topological polar surface area (TPSA) is 59.8 Å². The molecule has 5 nitrogen and oxygen atoms in total. The lowest BCUT2D eigenvalue weighted by Crippen LogP contribution is -2.21. The van der Waals surface area contributed by atoms with Gasteiger partial charge < -0.3 is 5.32 Å². The molecule has 9 heteroatoms. The van der Waals surface area contributed by atoms with Crippen molar-refractivity contribution in [1.29, 1.82) is 0 Å². The fourth-order valence-corrected chi connectivity index (χ4v) is 2.39. The molecule has 1 N–H and O–H groups in total. The van der Waals surface area contributed by atoms with E-state index in [1.807, 2.05) is 0 Å². The van der Waals surface area contributed by atoms with E-state index >= 15 is 0 Å². The average molecular weight is 364 g/mol. The van der Waals surface area contributed by atoms with E-state index in [-0.39, 0.29) is 5.82 Å². The van der Waals surface area contributed by atoms with Crippen molar-refractivity contribution < 1.29 is 22.4 Å². The monoisotopic (exact) mass is 364 g/mol. The molecule has 0 bridgehead atoms. The minimum Gasteiger partial charge on any atom is -0.306 e. The standard InChI is InChI=1S/C17H12F4N4O/c1-10-5-4-8-14(23-10)24-16(26)11-9-22-25(15(11)17(19,20)21)13-7-3-2-6-12(13)18/h2-9H,1H3,(H,23,24,26). The van der Waals surface area contributed by atoms with Gasteiger partial charge in [-0.3, -0.25) is 4.79 Å². The first-order valence-electron chi connectivity index (χ1n) is 7.42. The molecule has 2 heterocycles. The Labute approximate surface area is 145 Å². The van der Waals surface area contributed by atoms with Crippen LogP contribution in [0.5, 0.6) is 0 Å². The van der Waals surface area contributed by atoms with Crippen LogP contribution >= 0.6 is 0 Å². The number of carbonyl (C=O) groups is 1. The van der Waals surface area contributed by atoms with Gasteiger partial charge in [0, 0.05) is 5.69 Å². The summed E-state index contributed by atoms with van der Waals surface area (Å²) in [4.78, 5) is 16.3. The van der Waals surface area contributed by atoms with Crippen LogP contribution in [0, 0.1) is 12.7 Å². The van der Waals surface area contributed by atoms with Crippen LogP contribution in [0.4, 0.5) is 23.4 Å². The molecule has 134 valence electrons. The highest BCUT2D eigenvalue weighted by atomic mass is 19.4. The van der Waals surface area contributed by atoms with Crippen LogP contribution in [0.25, 0.3) is 5.69 Å². The summed E-state index contributed by atoms with van der Waals surface area (Å²) < 4.78 is 54.9. The lowest BCUT2D eigenvalue weighted by molar-refractivity contribution is -0.143. The number of hydrogen-bond acceptors (Lipinski definition) is 3. The second-order valence-corrected chi connectivity index (χ2v) is 5.39. The summed E-state index contributed by atoms with van der Waals surface area (Å²) in [6.07, 6.45) is -4.17. The van der Waals surface area contributed by atoms with E-state index in [4.69, 9.17) is 0 Å². The minimum atomic E-state index is -4.93. The zero-order valence-corrected chi connectivity index (χ0v) is 13.4. The number of nitrogens with zero attached hydrogens (tertiary/aromatic N) is 3. The highest BCUT2D eigenvalue weighted by Crippen LogP contribution is 2.34. The molecule has 3 aromatic rings. The summed E-state index contributed by atoms with van der Waals surface area (Å²) in [5.41, 5.74) is -1.93. The number of alkyl halides is 3. The van der Waals surface area contributed by atoms with Crippen LogP contribution in [-0.2, 0) is 6.18 Å². The summed E-state index contributed by atoms with van der Waals surface area (Å²) in [7, 11) is 0. The summed E-state index contributed by atoms with van der Waals surface area (Å²) in [5.74, 6) is -1.84. The third-order valence-corrected chi connectivity index (χ3v) is 3.49. The number of aryl methyl sites for hydroxylation is 1. The molecule has 0 aliphatic carbocycles. The minimum absolute atomic E-state index is 0.0989. The second kappa shape index (κ2) is 6.58. The third-order valence-electron chi connectivity index (χ3n) is 3.49. The maximum atomic E-state index is 13.9. The molecular formula is C17H12F4N4O. The number of aromatic nitrogens is 3. The van der Waals surface area contributed by atoms with E-state index in [1.165, 1.54) is 18.2 Å². The highest BCUT2D eigenvalue weighted by Gasteiger charge is 2.41. The van der Waals surface area contributed by atoms with Crippen molar-refractivity contribution in [2.24, 2.45) is 0 Å². The van der Waals surface area contributed by atoms with Crippen LogP contribution < -0.4 is 5.32 Å². The van der Waals surface area contributed by atoms with Crippen molar-refractivity contribution in [1.82, 2.24) is 14.8 Å². The van der Waals surface area contributed by atoms with E-state index in [2.05, 4.69) is 15.4 Å². The molecule has 0 fully saturated rings. The zero-order chi connectivity index (χ0) is 18.9. The van der Waals surface area contributed by atoms with Crippen molar-refractivity contribution >= 4 is 11.7 Å². The van der Waals surface area contributed by atoms with Crippen LogP contribution in [-0.4, -0.2) is 20.7 Å². The van der Waals surface area contributed by atoms with Gasteiger partial charge in [-0.05, 0) is 31.2 Å². The Kier molecular flexibility index (Phi) is 4.45. The Balaban J connectivity index is 2.05. The Bertz CT molecular complexity index is 965. The highest BCUT2D eigenvalue weighted by molar-refractivity contribution is 6.04. The molecule has 26 heavy (non-hydrogen) atoms. The Morgan fingerprint density at radius 2 is 1.85 bits per heavy atom. The molecule has 0 aliphatic heterocycles. The molecule has 0 atom stereocenters. The Morgan fingerprint density at radius 1 is 1.12 bits per heavy atom. The van der Waals surface area contributed by atoms with E-state index in [0.29, 0.717) is 10.4 Å². The molecule has 2 aromatic heterocycles. The number of para-hydroxylation sites is 1. The summed E-state index contributed by atoms with van der Waals surface area (Å²) >= 11 is 0. The lowest BCUT2D eigenvalue weighted by Gasteiger charge is -2.13. The molecule has 0 saturated carbocycles.